The van der Waals surface area contributed by atoms with Crippen molar-refractivity contribution in [2.45, 2.75) is 0 Å². The molecule has 0 aliphatic heterocycles. The van der Waals surface area contributed by atoms with Crippen LogP contribution in [0.5, 0.6) is 0 Å². The van der Waals surface area contributed by atoms with E-state index in [9.17, 15) is 26.3 Å². The van der Waals surface area contributed by atoms with Crippen LogP contribution in [0.4, 0.5) is 26.3 Å². The summed E-state index contributed by atoms with van der Waals surface area (Å²) < 4.78 is 99.1. The first-order chi connectivity index (χ1) is 24.3. The van der Waals surface area contributed by atoms with Gasteiger partial charge in [-0.25, -0.2) is 26.3 Å². The van der Waals surface area contributed by atoms with Crippen LogP contribution in [0.1, 0.15) is 0 Å². The Morgan fingerprint density at radius 2 is 0.780 bits per heavy atom. The topological polar surface area (TPSA) is 52.1 Å². The number of para-hydroxylation sites is 2. The van der Waals surface area contributed by atoms with Gasteiger partial charge < -0.3 is 8.83 Å². The van der Waals surface area contributed by atoms with Crippen LogP contribution in [0.25, 0.3) is 88.6 Å². The van der Waals surface area contributed by atoms with Gasteiger partial charge in [0, 0.05) is 69.7 Å². The van der Waals surface area contributed by atoms with E-state index in [0.717, 1.165) is 11.1 Å². The van der Waals surface area contributed by atoms with E-state index in [1.165, 1.54) is 12.1 Å². The molecule has 50 heavy (non-hydrogen) atoms. The predicted molar refractivity (Wildman–Crippen MR) is 178 cm³/mol. The minimum atomic E-state index is -1.06. The number of benzene rings is 5. The molecule has 0 saturated heterocycles. The standard InChI is InChI=1S/C40H18F6N2O2/c41-21-15-29(43)33(30(44)16-21)25-3-1-5-27-35-39(49-37(25)27)23(11-13-47-35)19-7-9-20(10-8-19)24-12-14-48-36-28-6-2-4-26(38(28)50-40(24)36)34-31(45)17-22(42)18-32(34)46/h1-18H. The number of aromatic nitrogens is 2. The normalized spacial score (nSPS) is 11.8. The number of rotatable bonds is 4. The van der Waals surface area contributed by atoms with Crippen molar-refractivity contribution in [2.75, 3.05) is 0 Å². The molecular formula is C40H18F6N2O2. The van der Waals surface area contributed by atoms with Crippen LogP contribution in [0, 0.1) is 34.9 Å². The molecule has 10 heteroatoms. The third-order valence-electron chi connectivity index (χ3n) is 8.82. The highest BCUT2D eigenvalue weighted by atomic mass is 19.2. The molecule has 0 fully saturated rings. The number of hydrogen-bond donors (Lipinski definition) is 0. The molecule has 0 bridgehead atoms. The molecular weight excluding hydrogens is 654 g/mol. The third kappa shape index (κ3) is 4.48. The van der Waals surface area contributed by atoms with Gasteiger partial charge in [0.1, 0.15) is 57.1 Å². The molecule has 4 heterocycles. The summed E-state index contributed by atoms with van der Waals surface area (Å²) in [5, 5.41) is 1.06. The molecule has 5 aromatic carbocycles. The molecule has 0 amide bonds. The molecule has 4 aromatic heterocycles. The Morgan fingerprint density at radius 1 is 0.400 bits per heavy atom. The molecule has 0 saturated carbocycles. The average molecular weight is 673 g/mol. The first-order valence-electron chi connectivity index (χ1n) is 15.3. The van der Waals surface area contributed by atoms with Gasteiger partial charge in [0.15, 0.2) is 11.2 Å². The number of halogens is 6. The second-order valence-electron chi connectivity index (χ2n) is 11.7. The molecule has 9 aromatic rings. The Kier molecular flexibility index (Phi) is 6.57. The Morgan fingerprint density at radius 3 is 1.16 bits per heavy atom. The molecule has 0 aliphatic carbocycles. The zero-order valence-electron chi connectivity index (χ0n) is 25.4. The zero-order chi connectivity index (χ0) is 34.3. The molecule has 0 unspecified atom stereocenters. The van der Waals surface area contributed by atoms with Gasteiger partial charge in [0.05, 0.1) is 11.1 Å². The van der Waals surface area contributed by atoms with Crippen LogP contribution >= 0.6 is 0 Å². The van der Waals surface area contributed by atoms with Crippen molar-refractivity contribution in [3.05, 3.63) is 144 Å². The zero-order valence-corrected chi connectivity index (χ0v) is 25.4. The molecule has 0 radical (unpaired) electrons. The maximum absolute atomic E-state index is 14.8. The van der Waals surface area contributed by atoms with Crippen LogP contribution in [-0.2, 0) is 0 Å². The fraction of sp³-hybridized carbons (Fsp3) is 0. The first-order valence-corrected chi connectivity index (χ1v) is 15.3. The van der Waals surface area contributed by atoms with Crippen LogP contribution in [-0.4, -0.2) is 9.97 Å². The average Bonchev–Trinajstić information content (AvgIpc) is 3.67. The second-order valence-corrected chi connectivity index (χ2v) is 11.7. The molecule has 4 nitrogen and oxygen atoms in total. The summed E-state index contributed by atoms with van der Waals surface area (Å²) in [5.41, 5.74) is 4.41. The molecule has 0 atom stereocenters. The Labute approximate surface area is 277 Å². The maximum Gasteiger partial charge on any atom is 0.161 e. The van der Waals surface area contributed by atoms with E-state index in [-0.39, 0.29) is 22.3 Å². The van der Waals surface area contributed by atoms with Crippen molar-refractivity contribution in [3.8, 4) is 44.5 Å². The summed E-state index contributed by atoms with van der Waals surface area (Å²) in [6.45, 7) is 0. The lowest BCUT2D eigenvalue weighted by Gasteiger charge is -2.07. The molecule has 242 valence electrons. The number of hydrogen-bond acceptors (Lipinski definition) is 4. The van der Waals surface area contributed by atoms with Crippen LogP contribution in [0.15, 0.2) is 118 Å². The van der Waals surface area contributed by atoms with Gasteiger partial charge in [-0.15, -0.1) is 0 Å². The van der Waals surface area contributed by atoms with Gasteiger partial charge in [0.25, 0.3) is 0 Å². The highest BCUT2D eigenvalue weighted by Crippen LogP contribution is 2.43. The van der Waals surface area contributed by atoms with E-state index in [2.05, 4.69) is 9.97 Å². The van der Waals surface area contributed by atoms with E-state index in [1.54, 1.807) is 48.8 Å². The van der Waals surface area contributed by atoms with Crippen LogP contribution in [0.3, 0.4) is 0 Å². The molecule has 0 aliphatic rings. The van der Waals surface area contributed by atoms with Crippen LogP contribution in [0.2, 0.25) is 0 Å². The number of furan rings is 2. The monoisotopic (exact) mass is 672 g/mol. The third-order valence-corrected chi connectivity index (χ3v) is 8.82. The summed E-state index contributed by atoms with van der Waals surface area (Å²) in [7, 11) is 0. The van der Waals surface area contributed by atoms with Crippen molar-refractivity contribution in [3.63, 3.8) is 0 Å². The molecule has 0 N–H and O–H groups in total. The Hall–Kier alpha value is -6.42. The fourth-order valence-electron chi connectivity index (χ4n) is 6.63. The number of nitrogens with zero attached hydrogens (tertiary/aromatic N) is 2. The summed E-state index contributed by atoms with van der Waals surface area (Å²) in [6.07, 6.45) is 3.22. The van der Waals surface area contributed by atoms with Gasteiger partial charge in [0.2, 0.25) is 0 Å². The minimum Gasteiger partial charge on any atom is -0.453 e. The second kappa shape index (κ2) is 11.1. The lowest BCUT2D eigenvalue weighted by atomic mass is 9.99. The van der Waals surface area contributed by atoms with E-state index in [0.29, 0.717) is 68.4 Å². The highest BCUT2D eigenvalue weighted by molar-refractivity contribution is 6.12. The van der Waals surface area contributed by atoms with Crippen molar-refractivity contribution < 1.29 is 35.2 Å². The maximum atomic E-state index is 14.8. The van der Waals surface area contributed by atoms with E-state index >= 15 is 0 Å². The van der Waals surface area contributed by atoms with Crippen molar-refractivity contribution in [1.29, 1.82) is 0 Å². The lowest BCUT2D eigenvalue weighted by molar-refractivity contribution is 0.546. The van der Waals surface area contributed by atoms with Gasteiger partial charge in [-0.2, -0.15) is 0 Å². The summed E-state index contributed by atoms with van der Waals surface area (Å²) >= 11 is 0. The summed E-state index contributed by atoms with van der Waals surface area (Å²) in [5.74, 6) is -6.28. The SMILES string of the molecule is Fc1cc(F)c(-c2cccc3c2oc2c(-c4ccc(-c5ccnc6c5oc5c(-c7c(F)cc(F)cc7F)cccc56)cc4)ccnc23)c(F)c1. The van der Waals surface area contributed by atoms with Gasteiger partial charge in [-0.1, -0.05) is 48.5 Å². The summed E-state index contributed by atoms with van der Waals surface area (Å²) in [6, 6.07) is 23.2. The largest absolute Gasteiger partial charge is 0.453 e. The van der Waals surface area contributed by atoms with Gasteiger partial charge in [-0.05, 0) is 35.4 Å². The van der Waals surface area contributed by atoms with Gasteiger partial charge >= 0.3 is 0 Å². The predicted octanol–water partition coefficient (Wildman–Crippen LogP) is 11.8. The van der Waals surface area contributed by atoms with Crippen molar-refractivity contribution in [1.82, 2.24) is 9.97 Å². The Balaban J connectivity index is 1.15. The number of fused-ring (bicyclic) bond motifs is 6. The van der Waals surface area contributed by atoms with Crippen molar-refractivity contribution in [2.24, 2.45) is 0 Å². The molecule has 0 spiro atoms. The highest BCUT2D eigenvalue weighted by Gasteiger charge is 2.23. The fourth-order valence-corrected chi connectivity index (χ4v) is 6.63. The molecule has 9 rings (SSSR count). The first kappa shape index (κ1) is 29.7. The lowest BCUT2D eigenvalue weighted by Crippen LogP contribution is -1.92. The Bertz CT molecular complexity index is 2600. The minimum absolute atomic E-state index is 0.123. The van der Waals surface area contributed by atoms with Crippen LogP contribution < -0.4 is 0 Å². The quantitative estimate of drug-likeness (QED) is 0.175. The van der Waals surface area contributed by atoms with E-state index < -0.39 is 46.0 Å². The van der Waals surface area contributed by atoms with E-state index in [4.69, 9.17) is 8.83 Å². The van der Waals surface area contributed by atoms with E-state index in [1.807, 2.05) is 24.3 Å². The summed E-state index contributed by atoms with van der Waals surface area (Å²) in [4.78, 5) is 8.97. The van der Waals surface area contributed by atoms with Gasteiger partial charge in [-0.3, -0.25) is 9.97 Å². The number of pyridine rings is 2. The smallest absolute Gasteiger partial charge is 0.161 e. The van der Waals surface area contributed by atoms with Crippen molar-refractivity contribution >= 4 is 44.1 Å².